The van der Waals surface area contributed by atoms with E-state index in [2.05, 4.69) is 29.4 Å². The smallest absolute Gasteiger partial charge is 0.0482 e. The number of nitrogens with zero attached hydrogens (tertiary/aromatic N) is 1. The standard InChI is InChI=1S/C15H22N2/c1-2-9-16-15(12-5-6-12)13-8-7-11-4-3-10-17-14(11)13/h3-4,10,12-13,15-16H,2,5-9H2,1H3. The SMILES string of the molecule is CCCNC(C1CC1)C1CCc2cccnc21. The summed E-state index contributed by atoms with van der Waals surface area (Å²) in [6.07, 6.45) is 8.54. The molecule has 1 N–H and O–H groups in total. The Balaban J connectivity index is 1.78. The molecule has 3 rings (SSSR count). The number of fused-ring (bicyclic) bond motifs is 1. The predicted octanol–water partition coefficient (Wildman–Crippen LogP) is 2.89. The molecule has 2 aliphatic carbocycles. The van der Waals surface area contributed by atoms with E-state index in [9.17, 15) is 0 Å². The molecule has 0 saturated heterocycles. The highest BCUT2D eigenvalue weighted by Crippen LogP contribution is 2.43. The van der Waals surface area contributed by atoms with Crippen LogP contribution in [0.25, 0.3) is 0 Å². The van der Waals surface area contributed by atoms with Gasteiger partial charge in [0.1, 0.15) is 0 Å². The molecule has 2 heteroatoms. The molecular weight excluding hydrogens is 208 g/mol. The molecule has 2 aliphatic rings. The first-order valence-electron chi connectivity index (χ1n) is 7.07. The number of rotatable bonds is 5. The van der Waals surface area contributed by atoms with Gasteiger partial charge in [0.25, 0.3) is 0 Å². The summed E-state index contributed by atoms with van der Waals surface area (Å²) in [7, 11) is 0. The molecule has 92 valence electrons. The van der Waals surface area contributed by atoms with Crippen LogP contribution in [-0.4, -0.2) is 17.6 Å². The maximum Gasteiger partial charge on any atom is 0.0482 e. The van der Waals surface area contributed by atoms with E-state index in [1.165, 1.54) is 43.4 Å². The summed E-state index contributed by atoms with van der Waals surface area (Å²) in [6, 6.07) is 5.02. The predicted molar refractivity (Wildman–Crippen MR) is 70.1 cm³/mol. The average Bonchev–Trinajstić information content (AvgIpc) is 3.11. The van der Waals surface area contributed by atoms with Gasteiger partial charge < -0.3 is 5.32 Å². The van der Waals surface area contributed by atoms with E-state index in [4.69, 9.17) is 0 Å². The highest BCUT2D eigenvalue weighted by atomic mass is 14.9. The van der Waals surface area contributed by atoms with Crippen LogP contribution < -0.4 is 5.32 Å². The Labute approximate surface area is 104 Å². The summed E-state index contributed by atoms with van der Waals surface area (Å²) in [4.78, 5) is 4.64. The molecule has 17 heavy (non-hydrogen) atoms. The first kappa shape index (κ1) is 11.2. The first-order valence-corrected chi connectivity index (χ1v) is 7.07. The number of nitrogens with one attached hydrogen (secondary N) is 1. The van der Waals surface area contributed by atoms with Crippen molar-refractivity contribution in [1.82, 2.24) is 10.3 Å². The summed E-state index contributed by atoms with van der Waals surface area (Å²) in [5.74, 6) is 1.59. The summed E-state index contributed by atoms with van der Waals surface area (Å²) in [5.41, 5.74) is 2.87. The fourth-order valence-corrected chi connectivity index (χ4v) is 3.20. The Morgan fingerprint density at radius 1 is 1.41 bits per heavy atom. The van der Waals surface area contributed by atoms with E-state index in [0.29, 0.717) is 12.0 Å². The second kappa shape index (κ2) is 4.77. The lowest BCUT2D eigenvalue weighted by molar-refractivity contribution is 0.385. The summed E-state index contributed by atoms with van der Waals surface area (Å²) >= 11 is 0. The van der Waals surface area contributed by atoms with Gasteiger partial charge in [-0.25, -0.2) is 0 Å². The molecule has 2 atom stereocenters. The maximum absolute atomic E-state index is 4.64. The molecule has 1 aromatic rings. The third kappa shape index (κ3) is 2.23. The number of pyridine rings is 1. The Morgan fingerprint density at radius 2 is 2.29 bits per heavy atom. The van der Waals surface area contributed by atoms with Crippen LogP contribution in [0.15, 0.2) is 18.3 Å². The van der Waals surface area contributed by atoms with Crippen LogP contribution in [-0.2, 0) is 6.42 Å². The van der Waals surface area contributed by atoms with Crippen molar-refractivity contribution in [2.45, 2.75) is 51.0 Å². The van der Waals surface area contributed by atoms with Crippen molar-refractivity contribution in [1.29, 1.82) is 0 Å². The van der Waals surface area contributed by atoms with Crippen molar-refractivity contribution < 1.29 is 0 Å². The normalized spacial score (nSPS) is 24.6. The zero-order valence-electron chi connectivity index (χ0n) is 10.7. The molecule has 1 fully saturated rings. The van der Waals surface area contributed by atoms with Crippen molar-refractivity contribution in [2.24, 2.45) is 5.92 Å². The van der Waals surface area contributed by atoms with Gasteiger partial charge in [0.2, 0.25) is 0 Å². The molecular formula is C15H22N2. The molecule has 2 unspecified atom stereocenters. The molecule has 0 aromatic carbocycles. The van der Waals surface area contributed by atoms with Crippen molar-refractivity contribution in [3.63, 3.8) is 0 Å². The van der Waals surface area contributed by atoms with E-state index < -0.39 is 0 Å². The van der Waals surface area contributed by atoms with E-state index >= 15 is 0 Å². The second-order valence-corrected chi connectivity index (χ2v) is 5.51. The van der Waals surface area contributed by atoms with Gasteiger partial charge in [-0.3, -0.25) is 4.98 Å². The van der Waals surface area contributed by atoms with Gasteiger partial charge in [-0.1, -0.05) is 13.0 Å². The highest BCUT2D eigenvalue weighted by Gasteiger charge is 2.39. The number of hydrogen-bond acceptors (Lipinski definition) is 2. The lowest BCUT2D eigenvalue weighted by atomic mass is 9.93. The number of hydrogen-bond donors (Lipinski definition) is 1. The van der Waals surface area contributed by atoms with E-state index in [1.54, 1.807) is 0 Å². The van der Waals surface area contributed by atoms with Gasteiger partial charge in [-0.2, -0.15) is 0 Å². The fraction of sp³-hybridized carbons (Fsp3) is 0.667. The zero-order valence-corrected chi connectivity index (χ0v) is 10.7. The Morgan fingerprint density at radius 3 is 3.06 bits per heavy atom. The molecule has 1 aromatic heterocycles. The van der Waals surface area contributed by atoms with E-state index in [-0.39, 0.29) is 0 Å². The van der Waals surface area contributed by atoms with Gasteiger partial charge in [0.15, 0.2) is 0 Å². The maximum atomic E-state index is 4.64. The first-order chi connectivity index (χ1) is 8.40. The Hall–Kier alpha value is -0.890. The molecule has 0 aliphatic heterocycles. The van der Waals surface area contributed by atoms with Crippen molar-refractivity contribution in [3.05, 3.63) is 29.6 Å². The molecule has 0 spiro atoms. The monoisotopic (exact) mass is 230 g/mol. The van der Waals surface area contributed by atoms with E-state index in [1.807, 2.05) is 6.20 Å². The molecule has 0 bridgehead atoms. The fourth-order valence-electron chi connectivity index (χ4n) is 3.20. The van der Waals surface area contributed by atoms with Crippen molar-refractivity contribution in [3.8, 4) is 0 Å². The van der Waals surface area contributed by atoms with Gasteiger partial charge in [-0.05, 0) is 56.2 Å². The molecule has 1 heterocycles. The topological polar surface area (TPSA) is 24.9 Å². The van der Waals surface area contributed by atoms with Crippen molar-refractivity contribution >= 4 is 0 Å². The number of aryl methyl sites for hydroxylation is 1. The summed E-state index contributed by atoms with van der Waals surface area (Å²) in [6.45, 7) is 3.40. The zero-order chi connectivity index (χ0) is 11.7. The van der Waals surface area contributed by atoms with Crippen LogP contribution in [0.3, 0.4) is 0 Å². The number of aromatic nitrogens is 1. The van der Waals surface area contributed by atoms with Gasteiger partial charge in [0, 0.05) is 23.9 Å². The van der Waals surface area contributed by atoms with Crippen LogP contribution in [0, 0.1) is 5.92 Å². The van der Waals surface area contributed by atoms with Crippen LogP contribution >= 0.6 is 0 Å². The van der Waals surface area contributed by atoms with Crippen LogP contribution in [0.4, 0.5) is 0 Å². The lowest BCUT2D eigenvalue weighted by Crippen LogP contribution is -2.36. The van der Waals surface area contributed by atoms with Crippen LogP contribution in [0.5, 0.6) is 0 Å². The van der Waals surface area contributed by atoms with Crippen LogP contribution in [0.1, 0.15) is 49.8 Å². The van der Waals surface area contributed by atoms with Gasteiger partial charge in [0.05, 0.1) is 0 Å². The van der Waals surface area contributed by atoms with Gasteiger partial charge >= 0.3 is 0 Å². The lowest BCUT2D eigenvalue weighted by Gasteiger charge is -2.25. The Kier molecular flexibility index (Phi) is 3.15. The summed E-state index contributed by atoms with van der Waals surface area (Å²) in [5, 5.41) is 3.77. The van der Waals surface area contributed by atoms with Gasteiger partial charge in [-0.15, -0.1) is 0 Å². The molecule has 0 radical (unpaired) electrons. The summed E-state index contributed by atoms with van der Waals surface area (Å²) < 4.78 is 0. The van der Waals surface area contributed by atoms with Crippen molar-refractivity contribution in [2.75, 3.05) is 6.54 Å². The average molecular weight is 230 g/mol. The van der Waals surface area contributed by atoms with E-state index in [0.717, 1.165) is 12.5 Å². The quantitative estimate of drug-likeness (QED) is 0.841. The minimum Gasteiger partial charge on any atom is -0.313 e. The second-order valence-electron chi connectivity index (χ2n) is 5.51. The largest absolute Gasteiger partial charge is 0.313 e. The minimum atomic E-state index is 0.672. The third-order valence-corrected chi connectivity index (χ3v) is 4.20. The van der Waals surface area contributed by atoms with Crippen LogP contribution in [0.2, 0.25) is 0 Å². The minimum absolute atomic E-state index is 0.672. The molecule has 0 amide bonds. The molecule has 1 saturated carbocycles. The highest BCUT2D eigenvalue weighted by molar-refractivity contribution is 5.30. The Bertz CT molecular complexity index is 384. The third-order valence-electron chi connectivity index (χ3n) is 4.20. The molecule has 2 nitrogen and oxygen atoms in total.